The summed E-state index contributed by atoms with van der Waals surface area (Å²) in [5.41, 5.74) is 0. The van der Waals surface area contributed by atoms with E-state index in [4.69, 9.17) is 0 Å². The van der Waals surface area contributed by atoms with Crippen LogP contribution in [0.1, 0.15) is 91.4 Å². The zero-order valence-corrected chi connectivity index (χ0v) is 14.7. The van der Waals surface area contributed by atoms with Crippen molar-refractivity contribution in [2.24, 2.45) is 5.92 Å². The molecule has 2 atom stereocenters. The SMILES string of the molecule is CCCCCCCC(=O)C(CCCCCC)C(=O)NC(C)O. The first-order valence-corrected chi connectivity index (χ1v) is 9.04. The Morgan fingerprint density at radius 3 is 2.00 bits per heavy atom. The maximum atomic E-state index is 12.3. The van der Waals surface area contributed by atoms with Crippen molar-refractivity contribution >= 4 is 11.7 Å². The predicted molar refractivity (Wildman–Crippen MR) is 90.5 cm³/mol. The van der Waals surface area contributed by atoms with E-state index in [1.807, 2.05) is 0 Å². The van der Waals surface area contributed by atoms with Crippen molar-refractivity contribution in [1.82, 2.24) is 5.32 Å². The summed E-state index contributed by atoms with van der Waals surface area (Å²) in [7, 11) is 0. The average molecular weight is 313 g/mol. The minimum absolute atomic E-state index is 0.0335. The van der Waals surface area contributed by atoms with Gasteiger partial charge in [-0.1, -0.05) is 65.2 Å². The van der Waals surface area contributed by atoms with Crippen LogP contribution in [0.4, 0.5) is 0 Å². The Morgan fingerprint density at radius 1 is 0.909 bits per heavy atom. The van der Waals surface area contributed by atoms with E-state index in [9.17, 15) is 14.7 Å². The fourth-order valence-corrected chi connectivity index (χ4v) is 2.60. The molecule has 0 spiro atoms. The van der Waals surface area contributed by atoms with Crippen LogP contribution in [-0.4, -0.2) is 23.0 Å². The lowest BCUT2D eigenvalue weighted by Gasteiger charge is -2.17. The molecule has 0 aromatic carbocycles. The third kappa shape index (κ3) is 10.8. The largest absolute Gasteiger partial charge is 0.374 e. The zero-order chi connectivity index (χ0) is 16.8. The van der Waals surface area contributed by atoms with E-state index in [0.29, 0.717) is 12.8 Å². The molecule has 0 aromatic rings. The Balaban J connectivity index is 4.29. The Labute approximate surface area is 136 Å². The summed E-state index contributed by atoms with van der Waals surface area (Å²) in [6.07, 6.45) is 9.88. The van der Waals surface area contributed by atoms with Crippen molar-refractivity contribution in [3.8, 4) is 0 Å². The van der Waals surface area contributed by atoms with Crippen LogP contribution < -0.4 is 5.32 Å². The van der Waals surface area contributed by atoms with Crippen LogP contribution in [0.2, 0.25) is 0 Å². The topological polar surface area (TPSA) is 66.4 Å². The molecular weight excluding hydrogens is 278 g/mol. The average Bonchev–Trinajstić information content (AvgIpc) is 2.46. The van der Waals surface area contributed by atoms with E-state index in [2.05, 4.69) is 19.2 Å². The van der Waals surface area contributed by atoms with Crippen LogP contribution in [0.15, 0.2) is 0 Å². The van der Waals surface area contributed by atoms with Crippen molar-refractivity contribution in [3.05, 3.63) is 0 Å². The second-order valence-corrected chi connectivity index (χ2v) is 6.22. The number of nitrogens with one attached hydrogen (secondary N) is 1. The Bertz CT molecular complexity index is 303. The molecule has 4 heteroatoms. The molecule has 22 heavy (non-hydrogen) atoms. The molecule has 1 amide bonds. The van der Waals surface area contributed by atoms with Crippen molar-refractivity contribution < 1.29 is 14.7 Å². The summed E-state index contributed by atoms with van der Waals surface area (Å²) in [4.78, 5) is 24.4. The van der Waals surface area contributed by atoms with Crippen molar-refractivity contribution in [1.29, 1.82) is 0 Å². The van der Waals surface area contributed by atoms with Gasteiger partial charge in [0.15, 0.2) is 0 Å². The monoisotopic (exact) mass is 313 g/mol. The lowest BCUT2D eigenvalue weighted by atomic mass is 9.92. The molecule has 2 unspecified atom stereocenters. The number of rotatable bonds is 14. The summed E-state index contributed by atoms with van der Waals surface area (Å²) >= 11 is 0. The van der Waals surface area contributed by atoms with Crippen LogP contribution in [0, 0.1) is 5.92 Å². The lowest BCUT2D eigenvalue weighted by Crippen LogP contribution is -2.40. The van der Waals surface area contributed by atoms with Gasteiger partial charge in [-0.25, -0.2) is 0 Å². The summed E-state index contributed by atoms with van der Waals surface area (Å²) < 4.78 is 0. The number of amides is 1. The minimum Gasteiger partial charge on any atom is -0.374 e. The molecule has 0 saturated carbocycles. The fraction of sp³-hybridized carbons (Fsp3) is 0.889. The van der Waals surface area contributed by atoms with Crippen molar-refractivity contribution in [2.45, 2.75) is 97.6 Å². The van der Waals surface area contributed by atoms with Crippen LogP contribution in [-0.2, 0) is 9.59 Å². The van der Waals surface area contributed by atoms with Gasteiger partial charge in [0, 0.05) is 6.42 Å². The van der Waals surface area contributed by atoms with Crippen molar-refractivity contribution in [3.63, 3.8) is 0 Å². The highest BCUT2D eigenvalue weighted by atomic mass is 16.3. The minimum atomic E-state index is -0.900. The van der Waals surface area contributed by atoms with Gasteiger partial charge in [-0.15, -0.1) is 0 Å². The maximum absolute atomic E-state index is 12.3. The van der Waals surface area contributed by atoms with Crippen LogP contribution in [0.3, 0.4) is 0 Å². The van der Waals surface area contributed by atoms with Gasteiger partial charge in [0.05, 0.1) is 5.92 Å². The Kier molecular flexibility index (Phi) is 13.2. The molecule has 0 bridgehead atoms. The van der Waals surface area contributed by atoms with Gasteiger partial charge < -0.3 is 10.4 Å². The van der Waals surface area contributed by atoms with E-state index in [1.54, 1.807) is 0 Å². The first-order chi connectivity index (χ1) is 10.5. The number of aliphatic hydroxyl groups excluding tert-OH is 1. The summed E-state index contributed by atoms with van der Waals surface area (Å²) in [5, 5.41) is 11.8. The van der Waals surface area contributed by atoms with Crippen LogP contribution in [0.25, 0.3) is 0 Å². The van der Waals surface area contributed by atoms with Crippen LogP contribution in [0.5, 0.6) is 0 Å². The van der Waals surface area contributed by atoms with Gasteiger partial charge in [0.25, 0.3) is 0 Å². The van der Waals surface area contributed by atoms with Gasteiger partial charge in [-0.3, -0.25) is 9.59 Å². The van der Waals surface area contributed by atoms with Gasteiger partial charge >= 0.3 is 0 Å². The molecule has 0 aliphatic rings. The lowest BCUT2D eigenvalue weighted by molar-refractivity contribution is -0.136. The maximum Gasteiger partial charge on any atom is 0.232 e. The highest BCUT2D eigenvalue weighted by molar-refractivity contribution is 6.01. The van der Waals surface area contributed by atoms with E-state index < -0.39 is 12.1 Å². The summed E-state index contributed by atoms with van der Waals surface area (Å²) in [5.74, 6) is -0.867. The zero-order valence-electron chi connectivity index (χ0n) is 14.7. The molecule has 4 nitrogen and oxygen atoms in total. The highest BCUT2D eigenvalue weighted by Crippen LogP contribution is 2.16. The Morgan fingerprint density at radius 2 is 1.45 bits per heavy atom. The molecule has 0 aliphatic carbocycles. The number of hydrogen-bond donors (Lipinski definition) is 2. The fourth-order valence-electron chi connectivity index (χ4n) is 2.60. The summed E-state index contributed by atoms with van der Waals surface area (Å²) in [6, 6.07) is 0. The molecule has 0 radical (unpaired) electrons. The molecule has 0 rings (SSSR count). The number of aliphatic hydroxyl groups is 1. The number of Topliss-reactive ketones (excluding diaryl/α,β-unsaturated/α-hetero) is 1. The molecule has 0 heterocycles. The third-order valence-corrected chi connectivity index (χ3v) is 3.93. The number of ketones is 1. The molecule has 2 N–H and O–H groups in total. The third-order valence-electron chi connectivity index (χ3n) is 3.93. The van der Waals surface area contributed by atoms with Gasteiger partial charge in [-0.2, -0.15) is 0 Å². The van der Waals surface area contributed by atoms with E-state index in [-0.39, 0.29) is 11.7 Å². The van der Waals surface area contributed by atoms with E-state index in [0.717, 1.165) is 44.9 Å². The standard InChI is InChI=1S/C18H35NO3/c1-4-6-8-10-12-14-17(21)16(13-11-9-7-5-2)18(22)19-15(3)20/h15-16,20H,4-14H2,1-3H3,(H,19,22). The van der Waals surface area contributed by atoms with Gasteiger partial charge in [0.2, 0.25) is 5.91 Å². The molecule has 0 fully saturated rings. The quantitative estimate of drug-likeness (QED) is 0.290. The molecular formula is C18H35NO3. The second-order valence-electron chi connectivity index (χ2n) is 6.22. The van der Waals surface area contributed by atoms with Gasteiger partial charge in [-0.05, 0) is 19.8 Å². The van der Waals surface area contributed by atoms with Crippen LogP contribution >= 0.6 is 0 Å². The number of unbranched alkanes of at least 4 members (excludes halogenated alkanes) is 7. The summed E-state index contributed by atoms with van der Waals surface area (Å²) in [6.45, 7) is 5.80. The molecule has 0 aromatic heterocycles. The normalized spacial score (nSPS) is 13.6. The van der Waals surface area contributed by atoms with Gasteiger partial charge in [0.1, 0.15) is 12.0 Å². The smallest absolute Gasteiger partial charge is 0.232 e. The number of carbonyl (C=O) groups excluding carboxylic acids is 2. The number of carbonyl (C=O) groups is 2. The Hall–Kier alpha value is -0.900. The van der Waals surface area contributed by atoms with E-state index >= 15 is 0 Å². The molecule has 0 aliphatic heterocycles. The van der Waals surface area contributed by atoms with Crippen molar-refractivity contribution in [2.75, 3.05) is 0 Å². The first kappa shape index (κ1) is 21.1. The van der Waals surface area contributed by atoms with E-state index in [1.165, 1.54) is 19.8 Å². The first-order valence-electron chi connectivity index (χ1n) is 9.04. The predicted octanol–water partition coefficient (Wildman–Crippen LogP) is 3.96. The molecule has 0 saturated heterocycles. The highest BCUT2D eigenvalue weighted by Gasteiger charge is 2.25. The molecule has 130 valence electrons. The number of hydrogen-bond acceptors (Lipinski definition) is 3. The second kappa shape index (κ2) is 13.7.